The van der Waals surface area contributed by atoms with E-state index in [2.05, 4.69) is 5.32 Å². The molecule has 1 aromatic rings. The van der Waals surface area contributed by atoms with Gasteiger partial charge in [-0.2, -0.15) is 5.26 Å². The maximum absolute atomic E-state index is 11.9. The summed E-state index contributed by atoms with van der Waals surface area (Å²) in [7, 11) is 0. The van der Waals surface area contributed by atoms with Crippen LogP contribution in [0.15, 0.2) is 17.1 Å². The molecule has 1 fully saturated rings. The van der Waals surface area contributed by atoms with Crippen molar-refractivity contribution in [1.82, 2.24) is 9.88 Å². The monoisotopic (exact) mass is 306 g/mol. The smallest absolute Gasteiger partial charge is 0.287 e. The Labute approximate surface area is 125 Å². The van der Waals surface area contributed by atoms with Crippen LogP contribution in [0.25, 0.3) is 0 Å². The fourth-order valence-electron chi connectivity index (χ4n) is 2.16. The maximum atomic E-state index is 11.9. The van der Waals surface area contributed by atoms with Crippen molar-refractivity contribution in [1.29, 1.82) is 5.26 Å². The molecule has 1 aliphatic heterocycles. The molecule has 9 nitrogen and oxygen atoms in total. The van der Waals surface area contributed by atoms with E-state index in [1.807, 2.05) is 0 Å². The third kappa shape index (κ3) is 3.67. The lowest BCUT2D eigenvalue weighted by atomic mass is 10.2. The fourth-order valence-corrected chi connectivity index (χ4v) is 2.16. The average molecular weight is 306 g/mol. The summed E-state index contributed by atoms with van der Waals surface area (Å²) < 4.78 is 6.21. The molecule has 1 N–H and O–H groups in total. The Morgan fingerprint density at radius 3 is 3.00 bits per heavy atom. The van der Waals surface area contributed by atoms with Gasteiger partial charge in [-0.25, -0.2) is 0 Å². The standard InChI is InChI=1S/C13H14N4O5/c14-5-9-4-10(17(20)21)7-16(13(9)19)8-12(18)15-6-11-2-1-3-22-11/h4,7,11H,1-3,6,8H2,(H,15,18)/t11-/m0/s1. The molecule has 1 saturated heterocycles. The number of nitrogens with zero attached hydrogens (tertiary/aromatic N) is 3. The highest BCUT2D eigenvalue weighted by atomic mass is 16.6. The van der Waals surface area contributed by atoms with Crippen LogP contribution < -0.4 is 10.9 Å². The van der Waals surface area contributed by atoms with Crippen molar-refractivity contribution >= 4 is 11.6 Å². The zero-order chi connectivity index (χ0) is 16.1. The van der Waals surface area contributed by atoms with E-state index in [9.17, 15) is 19.7 Å². The third-order valence-electron chi connectivity index (χ3n) is 3.27. The number of aromatic nitrogens is 1. The largest absolute Gasteiger partial charge is 0.376 e. The van der Waals surface area contributed by atoms with Crippen molar-refractivity contribution in [2.24, 2.45) is 0 Å². The summed E-state index contributed by atoms with van der Waals surface area (Å²) >= 11 is 0. The summed E-state index contributed by atoms with van der Waals surface area (Å²) in [6, 6.07) is 2.48. The molecule has 1 aromatic heterocycles. The molecule has 2 rings (SSSR count). The van der Waals surface area contributed by atoms with Crippen LogP contribution in [0.5, 0.6) is 0 Å². The number of rotatable bonds is 5. The first-order valence-electron chi connectivity index (χ1n) is 6.68. The van der Waals surface area contributed by atoms with Gasteiger partial charge in [0.15, 0.2) is 0 Å². The molecule has 0 aromatic carbocycles. The van der Waals surface area contributed by atoms with E-state index >= 15 is 0 Å². The van der Waals surface area contributed by atoms with Crippen LogP contribution in [0.3, 0.4) is 0 Å². The first-order valence-corrected chi connectivity index (χ1v) is 6.68. The molecule has 2 heterocycles. The number of nitrogens with one attached hydrogen (secondary N) is 1. The summed E-state index contributed by atoms with van der Waals surface area (Å²) in [6.07, 6.45) is 2.71. The molecule has 22 heavy (non-hydrogen) atoms. The van der Waals surface area contributed by atoms with Crippen molar-refractivity contribution < 1.29 is 14.5 Å². The van der Waals surface area contributed by atoms with Crippen LogP contribution >= 0.6 is 0 Å². The normalized spacial score (nSPS) is 17.0. The fraction of sp³-hybridized carbons (Fsp3) is 0.462. The van der Waals surface area contributed by atoms with Crippen LogP contribution in [-0.4, -0.2) is 34.7 Å². The number of ether oxygens (including phenoxy) is 1. The van der Waals surface area contributed by atoms with Crippen LogP contribution in [0.4, 0.5) is 5.69 Å². The topological polar surface area (TPSA) is 127 Å². The van der Waals surface area contributed by atoms with Crippen molar-refractivity contribution in [2.75, 3.05) is 13.2 Å². The summed E-state index contributed by atoms with van der Waals surface area (Å²) in [5.41, 5.74) is -1.52. The van der Waals surface area contributed by atoms with Crippen LogP contribution in [0, 0.1) is 21.4 Å². The zero-order valence-electron chi connectivity index (χ0n) is 11.7. The second-order valence-electron chi connectivity index (χ2n) is 4.85. The molecule has 0 radical (unpaired) electrons. The van der Waals surface area contributed by atoms with E-state index in [1.165, 1.54) is 0 Å². The number of carbonyl (C=O) groups is 1. The molecule has 0 aliphatic carbocycles. The summed E-state index contributed by atoms with van der Waals surface area (Å²) in [5, 5.41) is 22.2. The van der Waals surface area contributed by atoms with Gasteiger partial charge in [0.2, 0.25) is 5.91 Å². The molecular weight excluding hydrogens is 292 g/mol. The first-order chi connectivity index (χ1) is 10.5. The van der Waals surface area contributed by atoms with Gasteiger partial charge in [-0.05, 0) is 12.8 Å². The van der Waals surface area contributed by atoms with E-state index in [0.717, 1.165) is 29.7 Å². The van der Waals surface area contributed by atoms with Crippen molar-refractivity contribution in [3.63, 3.8) is 0 Å². The molecule has 0 bridgehead atoms. The van der Waals surface area contributed by atoms with Crippen molar-refractivity contribution in [2.45, 2.75) is 25.5 Å². The highest BCUT2D eigenvalue weighted by Crippen LogP contribution is 2.11. The van der Waals surface area contributed by atoms with Crippen molar-refractivity contribution in [3.05, 3.63) is 38.3 Å². The van der Waals surface area contributed by atoms with Crippen LogP contribution in [0.2, 0.25) is 0 Å². The van der Waals surface area contributed by atoms with Gasteiger partial charge in [0, 0.05) is 19.2 Å². The van der Waals surface area contributed by atoms with E-state index in [0.29, 0.717) is 13.2 Å². The number of amides is 1. The second-order valence-corrected chi connectivity index (χ2v) is 4.85. The summed E-state index contributed by atoms with van der Waals surface area (Å²) in [4.78, 5) is 33.8. The molecule has 116 valence electrons. The number of hydrogen-bond donors (Lipinski definition) is 1. The zero-order valence-corrected chi connectivity index (χ0v) is 11.7. The molecule has 9 heteroatoms. The molecule has 1 atom stereocenters. The Balaban J connectivity index is 2.09. The molecule has 0 saturated carbocycles. The number of nitro groups is 1. The van der Waals surface area contributed by atoms with Crippen LogP contribution in [0.1, 0.15) is 18.4 Å². The van der Waals surface area contributed by atoms with Gasteiger partial charge in [-0.1, -0.05) is 0 Å². The molecule has 1 amide bonds. The minimum atomic E-state index is -0.736. The molecule has 0 spiro atoms. The maximum Gasteiger partial charge on any atom is 0.287 e. The van der Waals surface area contributed by atoms with Gasteiger partial charge in [0.25, 0.3) is 11.2 Å². The lowest BCUT2D eigenvalue weighted by Crippen LogP contribution is -2.36. The Morgan fingerprint density at radius 2 is 2.41 bits per heavy atom. The molecule has 1 aliphatic rings. The first kappa shape index (κ1) is 15.7. The third-order valence-corrected chi connectivity index (χ3v) is 3.27. The Morgan fingerprint density at radius 1 is 1.64 bits per heavy atom. The van der Waals surface area contributed by atoms with E-state index in [1.54, 1.807) is 6.07 Å². The van der Waals surface area contributed by atoms with Gasteiger partial charge in [0.05, 0.1) is 17.2 Å². The summed E-state index contributed by atoms with van der Waals surface area (Å²) in [5.74, 6) is -0.470. The predicted molar refractivity (Wildman–Crippen MR) is 74.1 cm³/mol. The highest BCUT2D eigenvalue weighted by molar-refractivity contribution is 5.75. The quantitative estimate of drug-likeness (QED) is 0.599. The second kappa shape index (κ2) is 6.82. The predicted octanol–water partition coefficient (Wildman–Crippen LogP) is -0.0766. The van der Waals surface area contributed by atoms with E-state index in [-0.39, 0.29) is 18.2 Å². The minimum Gasteiger partial charge on any atom is -0.376 e. The van der Waals surface area contributed by atoms with Gasteiger partial charge < -0.3 is 10.1 Å². The lowest BCUT2D eigenvalue weighted by molar-refractivity contribution is -0.385. The van der Waals surface area contributed by atoms with Crippen LogP contribution in [-0.2, 0) is 16.1 Å². The minimum absolute atomic E-state index is 0.0412. The van der Waals surface area contributed by atoms with Crippen molar-refractivity contribution in [3.8, 4) is 6.07 Å². The Hall–Kier alpha value is -2.73. The number of hydrogen-bond acceptors (Lipinski definition) is 6. The summed E-state index contributed by atoms with van der Waals surface area (Å²) in [6.45, 7) is 0.603. The SMILES string of the molecule is N#Cc1cc([N+](=O)[O-])cn(CC(=O)NC[C@@H]2CCCO2)c1=O. The van der Waals surface area contributed by atoms with E-state index in [4.69, 9.17) is 10.00 Å². The molecular formula is C13H14N4O5. The highest BCUT2D eigenvalue weighted by Gasteiger charge is 2.18. The number of carbonyl (C=O) groups excluding carboxylic acids is 1. The Bertz CT molecular complexity index is 685. The number of nitriles is 1. The Kier molecular flexibility index (Phi) is 4.85. The van der Waals surface area contributed by atoms with Gasteiger partial charge in [0.1, 0.15) is 18.2 Å². The van der Waals surface area contributed by atoms with Gasteiger partial charge in [-0.3, -0.25) is 24.3 Å². The number of pyridine rings is 1. The van der Waals surface area contributed by atoms with E-state index < -0.39 is 22.1 Å². The van der Waals surface area contributed by atoms with Gasteiger partial charge in [-0.15, -0.1) is 0 Å². The lowest BCUT2D eigenvalue weighted by Gasteiger charge is -2.11. The van der Waals surface area contributed by atoms with Gasteiger partial charge >= 0.3 is 0 Å². The average Bonchev–Trinajstić information content (AvgIpc) is 3.00. The molecule has 0 unspecified atom stereocenters.